The Balaban J connectivity index is 2.73. The molecule has 0 aromatic carbocycles. The second-order valence-corrected chi connectivity index (χ2v) is 6.96. The molecule has 1 aliphatic rings. The summed E-state index contributed by atoms with van der Waals surface area (Å²) in [6.45, 7) is 10.7. The van der Waals surface area contributed by atoms with Crippen LogP contribution >= 0.6 is 0 Å². The van der Waals surface area contributed by atoms with Crippen LogP contribution in [0.25, 0.3) is 0 Å². The van der Waals surface area contributed by atoms with Crippen LogP contribution in [0.2, 0.25) is 0 Å². The average Bonchev–Trinajstić information content (AvgIpc) is 2.25. The summed E-state index contributed by atoms with van der Waals surface area (Å²) in [6.07, 6.45) is 2.83. The van der Waals surface area contributed by atoms with Crippen LogP contribution < -0.4 is 0 Å². The van der Waals surface area contributed by atoms with E-state index in [2.05, 4.69) is 13.8 Å². The van der Waals surface area contributed by atoms with Crippen LogP contribution in [0.5, 0.6) is 0 Å². The molecule has 0 aromatic rings. The maximum absolute atomic E-state index is 12.2. The number of hydrogen-bond acceptors (Lipinski definition) is 3. The number of aliphatic hydroxyl groups is 1. The molecule has 1 N–H and O–H groups in total. The van der Waals surface area contributed by atoms with Crippen molar-refractivity contribution in [2.45, 2.75) is 65.5 Å². The number of rotatable bonds is 3. The number of carbonyl (C=O) groups is 1. The Morgan fingerprint density at radius 1 is 1.42 bits per heavy atom. The fourth-order valence-corrected chi connectivity index (χ4v) is 2.81. The number of hydrogen-bond donors (Lipinski definition) is 1. The Labute approximate surface area is 117 Å². The molecule has 0 saturated carbocycles. The van der Waals surface area contributed by atoms with Gasteiger partial charge in [0, 0.05) is 6.54 Å². The van der Waals surface area contributed by atoms with Gasteiger partial charge < -0.3 is 14.7 Å². The van der Waals surface area contributed by atoms with Crippen LogP contribution in [0.4, 0.5) is 4.79 Å². The molecule has 1 heterocycles. The van der Waals surface area contributed by atoms with Crippen molar-refractivity contribution in [2.75, 3.05) is 13.2 Å². The highest BCUT2D eigenvalue weighted by molar-refractivity contribution is 5.68. The topological polar surface area (TPSA) is 49.8 Å². The first-order valence-corrected chi connectivity index (χ1v) is 7.35. The van der Waals surface area contributed by atoms with Gasteiger partial charge in [-0.2, -0.15) is 0 Å². The summed E-state index contributed by atoms with van der Waals surface area (Å²) in [6, 6.07) is -0.0917. The summed E-state index contributed by atoms with van der Waals surface area (Å²) in [4.78, 5) is 13.9. The zero-order chi connectivity index (χ0) is 14.6. The van der Waals surface area contributed by atoms with E-state index in [1.807, 2.05) is 20.8 Å². The monoisotopic (exact) mass is 271 g/mol. The van der Waals surface area contributed by atoms with Crippen molar-refractivity contribution in [2.24, 2.45) is 11.8 Å². The molecule has 0 bridgehead atoms. The molecule has 1 rings (SSSR count). The van der Waals surface area contributed by atoms with E-state index in [9.17, 15) is 9.90 Å². The molecule has 1 fully saturated rings. The summed E-state index contributed by atoms with van der Waals surface area (Å²) < 4.78 is 5.44. The molecular weight excluding hydrogens is 242 g/mol. The number of amides is 1. The Bertz CT molecular complexity index is 296. The summed E-state index contributed by atoms with van der Waals surface area (Å²) in [7, 11) is 0. The van der Waals surface area contributed by atoms with Crippen molar-refractivity contribution in [1.82, 2.24) is 4.90 Å². The van der Waals surface area contributed by atoms with E-state index in [4.69, 9.17) is 4.74 Å². The van der Waals surface area contributed by atoms with Gasteiger partial charge >= 0.3 is 6.09 Å². The molecule has 1 aliphatic heterocycles. The lowest BCUT2D eigenvalue weighted by Gasteiger charge is -2.41. The van der Waals surface area contributed by atoms with Crippen LogP contribution in [0.15, 0.2) is 0 Å². The largest absolute Gasteiger partial charge is 0.444 e. The SMILES string of the molecule is CC(C)CC1CCCN(C(=O)OC(C)(C)C)C1CO. The Kier molecular flexibility index (Phi) is 5.65. The van der Waals surface area contributed by atoms with Crippen molar-refractivity contribution in [1.29, 1.82) is 0 Å². The quantitative estimate of drug-likeness (QED) is 0.858. The van der Waals surface area contributed by atoms with Gasteiger partial charge in [-0.1, -0.05) is 13.8 Å². The molecule has 0 aromatic heterocycles. The predicted octanol–water partition coefficient (Wildman–Crippen LogP) is 3.04. The number of piperidine rings is 1. The lowest BCUT2D eigenvalue weighted by atomic mass is 9.83. The molecule has 4 heteroatoms. The molecular formula is C15H29NO3. The van der Waals surface area contributed by atoms with E-state index in [-0.39, 0.29) is 18.7 Å². The molecule has 1 saturated heterocycles. The number of ether oxygens (including phenoxy) is 1. The minimum absolute atomic E-state index is 0.0244. The van der Waals surface area contributed by atoms with Crippen molar-refractivity contribution >= 4 is 6.09 Å². The number of likely N-dealkylation sites (tertiary alicyclic amines) is 1. The molecule has 112 valence electrons. The molecule has 4 nitrogen and oxygen atoms in total. The van der Waals surface area contributed by atoms with Gasteiger partial charge in [0.15, 0.2) is 0 Å². The number of aliphatic hydroxyl groups excluding tert-OH is 1. The number of nitrogens with zero attached hydrogens (tertiary/aromatic N) is 1. The Morgan fingerprint density at radius 2 is 2.05 bits per heavy atom. The standard InChI is InChI=1S/C15H29NO3/c1-11(2)9-12-7-6-8-16(13(12)10-17)14(18)19-15(3,4)5/h11-13,17H,6-10H2,1-5H3. The second kappa shape index (κ2) is 6.60. The smallest absolute Gasteiger partial charge is 0.410 e. The molecule has 2 unspecified atom stereocenters. The lowest BCUT2D eigenvalue weighted by molar-refractivity contribution is -0.0138. The van der Waals surface area contributed by atoms with E-state index in [0.29, 0.717) is 18.4 Å². The first-order valence-electron chi connectivity index (χ1n) is 7.35. The average molecular weight is 271 g/mol. The van der Waals surface area contributed by atoms with Crippen molar-refractivity contribution in [3.05, 3.63) is 0 Å². The Morgan fingerprint density at radius 3 is 2.53 bits per heavy atom. The highest BCUT2D eigenvalue weighted by Gasteiger charge is 2.36. The highest BCUT2D eigenvalue weighted by Crippen LogP contribution is 2.30. The van der Waals surface area contributed by atoms with E-state index in [1.54, 1.807) is 4.90 Å². The Hall–Kier alpha value is -0.770. The summed E-state index contributed by atoms with van der Waals surface area (Å²) in [5.41, 5.74) is -0.484. The highest BCUT2D eigenvalue weighted by atomic mass is 16.6. The molecule has 0 radical (unpaired) electrons. The van der Waals surface area contributed by atoms with Crippen molar-refractivity contribution in [3.63, 3.8) is 0 Å². The van der Waals surface area contributed by atoms with E-state index in [1.165, 1.54) is 0 Å². The second-order valence-electron chi connectivity index (χ2n) is 6.96. The summed E-state index contributed by atoms with van der Waals surface area (Å²) >= 11 is 0. The van der Waals surface area contributed by atoms with Crippen LogP contribution in [0, 0.1) is 11.8 Å². The van der Waals surface area contributed by atoms with Gasteiger partial charge in [-0.05, 0) is 51.9 Å². The van der Waals surface area contributed by atoms with Crippen molar-refractivity contribution in [3.8, 4) is 0 Å². The van der Waals surface area contributed by atoms with E-state index < -0.39 is 5.60 Å². The first-order chi connectivity index (χ1) is 8.74. The van der Waals surface area contributed by atoms with Crippen LogP contribution in [0.3, 0.4) is 0 Å². The molecule has 19 heavy (non-hydrogen) atoms. The third-order valence-electron chi connectivity index (χ3n) is 3.51. The van der Waals surface area contributed by atoms with Gasteiger partial charge in [0.25, 0.3) is 0 Å². The van der Waals surface area contributed by atoms with Gasteiger partial charge in [0.2, 0.25) is 0 Å². The van der Waals surface area contributed by atoms with Gasteiger partial charge in [-0.3, -0.25) is 0 Å². The number of carbonyl (C=O) groups excluding carboxylic acids is 1. The van der Waals surface area contributed by atoms with Gasteiger partial charge in [-0.15, -0.1) is 0 Å². The van der Waals surface area contributed by atoms with Crippen LogP contribution in [-0.2, 0) is 4.74 Å². The van der Waals surface area contributed by atoms with Crippen LogP contribution in [-0.4, -0.2) is 40.9 Å². The molecule has 0 spiro atoms. The third-order valence-corrected chi connectivity index (χ3v) is 3.51. The molecule has 1 amide bonds. The zero-order valence-corrected chi connectivity index (χ0v) is 13.0. The lowest BCUT2D eigenvalue weighted by Crippen LogP contribution is -2.52. The fourth-order valence-electron chi connectivity index (χ4n) is 2.81. The fraction of sp³-hybridized carbons (Fsp3) is 0.933. The summed E-state index contributed by atoms with van der Waals surface area (Å²) in [5, 5.41) is 9.64. The minimum atomic E-state index is -0.484. The molecule has 2 atom stereocenters. The maximum Gasteiger partial charge on any atom is 0.410 e. The van der Waals surface area contributed by atoms with E-state index in [0.717, 1.165) is 19.3 Å². The van der Waals surface area contributed by atoms with Gasteiger partial charge in [0.1, 0.15) is 5.60 Å². The van der Waals surface area contributed by atoms with Gasteiger partial charge in [0.05, 0.1) is 12.6 Å². The minimum Gasteiger partial charge on any atom is -0.444 e. The van der Waals surface area contributed by atoms with Crippen molar-refractivity contribution < 1.29 is 14.6 Å². The van der Waals surface area contributed by atoms with E-state index >= 15 is 0 Å². The molecule has 0 aliphatic carbocycles. The predicted molar refractivity (Wildman–Crippen MR) is 76.0 cm³/mol. The maximum atomic E-state index is 12.2. The van der Waals surface area contributed by atoms with Crippen LogP contribution in [0.1, 0.15) is 53.9 Å². The summed E-state index contributed by atoms with van der Waals surface area (Å²) in [5.74, 6) is 0.962. The first kappa shape index (κ1) is 16.3. The van der Waals surface area contributed by atoms with Gasteiger partial charge in [-0.25, -0.2) is 4.79 Å². The third kappa shape index (κ3) is 5.01. The zero-order valence-electron chi connectivity index (χ0n) is 13.0. The normalized spacial score (nSPS) is 24.7.